The van der Waals surface area contributed by atoms with Crippen LogP contribution in [0.15, 0.2) is 18.2 Å². The summed E-state index contributed by atoms with van der Waals surface area (Å²) >= 11 is 4.87. The van der Waals surface area contributed by atoms with Crippen LogP contribution < -0.4 is 11.1 Å². The number of rotatable bonds is 8. The van der Waals surface area contributed by atoms with Crippen LogP contribution in [0.1, 0.15) is 42.6 Å². The van der Waals surface area contributed by atoms with Crippen molar-refractivity contribution >= 4 is 28.7 Å². The van der Waals surface area contributed by atoms with Crippen LogP contribution in [0.3, 0.4) is 0 Å². The summed E-state index contributed by atoms with van der Waals surface area (Å²) in [5, 5.41) is 11.8. The Balaban J connectivity index is 0.000000468. The first-order chi connectivity index (χ1) is 10.9. The van der Waals surface area contributed by atoms with Gasteiger partial charge in [0, 0.05) is 23.8 Å². The first-order valence-electron chi connectivity index (χ1n) is 7.57. The van der Waals surface area contributed by atoms with E-state index in [9.17, 15) is 9.59 Å². The Morgan fingerprint density at radius 2 is 2.04 bits per heavy atom. The van der Waals surface area contributed by atoms with Crippen molar-refractivity contribution < 1.29 is 19.4 Å². The molecule has 0 amide bonds. The highest BCUT2D eigenvalue weighted by molar-refractivity contribution is 6.61. The van der Waals surface area contributed by atoms with E-state index in [2.05, 4.69) is 17.0 Å². The van der Waals surface area contributed by atoms with Crippen molar-refractivity contribution in [2.24, 2.45) is 0 Å². The molecule has 1 aromatic rings. The molecule has 4 N–H and O–H groups in total. The third kappa shape index (κ3) is 9.76. The number of carboxylic acid groups (broad SMARTS) is 1. The second-order valence-corrected chi connectivity index (χ2v) is 5.04. The summed E-state index contributed by atoms with van der Waals surface area (Å²) < 4.78 is 4.41. The molecule has 1 rings (SSSR count). The molecule has 0 aliphatic carbocycles. The largest absolute Gasteiger partial charge is 0.478 e. The van der Waals surface area contributed by atoms with Gasteiger partial charge in [-0.15, -0.1) is 0 Å². The molecule has 130 valence electrons. The van der Waals surface area contributed by atoms with Crippen LogP contribution in [0.5, 0.6) is 0 Å². The fraction of sp³-hybridized carbons (Fsp3) is 0.500. The average Bonchev–Trinajstić information content (AvgIpc) is 2.51. The molecule has 0 unspecified atom stereocenters. The van der Waals surface area contributed by atoms with Gasteiger partial charge in [-0.05, 0) is 31.0 Å². The number of benzene rings is 1. The van der Waals surface area contributed by atoms with Crippen LogP contribution in [0.2, 0.25) is 0 Å². The van der Waals surface area contributed by atoms with Crippen LogP contribution in [-0.2, 0) is 11.2 Å². The van der Waals surface area contributed by atoms with E-state index in [0.717, 1.165) is 31.4 Å². The molecule has 0 bridgehead atoms. The predicted molar refractivity (Wildman–Crippen MR) is 92.2 cm³/mol. The number of para-hydroxylation sites is 1. The van der Waals surface area contributed by atoms with Crippen LogP contribution in [0.4, 0.5) is 10.5 Å². The molecular weight excluding hydrogens is 320 g/mol. The summed E-state index contributed by atoms with van der Waals surface area (Å²) in [5.74, 6) is -0.958. The van der Waals surface area contributed by atoms with Gasteiger partial charge in [0.2, 0.25) is 0 Å². The van der Waals surface area contributed by atoms with Crippen LogP contribution in [0, 0.1) is 0 Å². The third-order valence-electron chi connectivity index (χ3n) is 2.97. The van der Waals surface area contributed by atoms with Gasteiger partial charge < -0.3 is 20.9 Å². The number of carboxylic acids is 1. The third-order valence-corrected chi connectivity index (χ3v) is 3.08. The summed E-state index contributed by atoms with van der Waals surface area (Å²) in [7, 11) is 0. The molecule has 0 fully saturated rings. The highest BCUT2D eigenvalue weighted by atomic mass is 35.5. The molecule has 7 heteroatoms. The van der Waals surface area contributed by atoms with Gasteiger partial charge in [0.25, 0.3) is 0 Å². The van der Waals surface area contributed by atoms with Crippen LogP contribution in [-0.4, -0.2) is 36.2 Å². The normalized spacial score (nSPS) is 9.70. The predicted octanol–water partition coefficient (Wildman–Crippen LogP) is 3.28. The molecule has 1 aromatic carbocycles. The van der Waals surface area contributed by atoms with Crippen molar-refractivity contribution in [3.63, 3.8) is 0 Å². The minimum Gasteiger partial charge on any atom is -0.478 e. The number of unbranched alkanes of at least 4 members (excludes halogenated alkanes) is 1. The maximum Gasteiger partial charge on any atom is 0.403 e. The number of nitrogen functional groups attached to an aromatic ring is 1. The second-order valence-electron chi connectivity index (χ2n) is 4.73. The van der Waals surface area contributed by atoms with Crippen molar-refractivity contribution in [3.05, 3.63) is 29.3 Å². The Bertz CT molecular complexity index is 495. The zero-order chi connectivity index (χ0) is 17.7. The van der Waals surface area contributed by atoms with Gasteiger partial charge in [0.1, 0.15) is 6.61 Å². The van der Waals surface area contributed by atoms with Crippen molar-refractivity contribution in [2.75, 3.05) is 25.4 Å². The first kappa shape index (κ1) is 21.2. The lowest BCUT2D eigenvalue weighted by Gasteiger charge is -2.07. The maximum atomic E-state index is 10.8. The van der Waals surface area contributed by atoms with Crippen LogP contribution >= 0.6 is 11.6 Å². The van der Waals surface area contributed by atoms with Gasteiger partial charge in [-0.2, -0.15) is 0 Å². The van der Waals surface area contributed by atoms with E-state index >= 15 is 0 Å². The number of hydrogen-bond acceptors (Lipinski definition) is 5. The number of hydrogen-bond donors (Lipinski definition) is 3. The fourth-order valence-corrected chi connectivity index (χ4v) is 1.84. The standard InChI is InChI=1S/C11H15NO2.C5H10ClNO2/c1-2-3-5-8-6-4-7-9(10(8)12)11(13)14;1-2-7-3-4-9-5(6)8/h4,6-7H,2-3,5,12H2,1H3,(H,13,14);7H,2-4H2,1H3. The molecule has 0 aliphatic heterocycles. The number of nitrogens with two attached hydrogens (primary N) is 1. The highest BCUT2D eigenvalue weighted by Gasteiger charge is 2.09. The SMILES string of the molecule is CCCCc1cccc(C(=O)O)c1N.CCNCCOC(=O)Cl. The molecule has 0 saturated carbocycles. The lowest BCUT2D eigenvalue weighted by molar-refractivity contribution is 0.0698. The van der Waals surface area contributed by atoms with Gasteiger partial charge in [-0.1, -0.05) is 32.4 Å². The molecule has 0 radical (unpaired) electrons. The number of ether oxygens (including phenoxy) is 1. The minimum absolute atomic E-state index is 0.207. The number of carbonyl (C=O) groups is 2. The van der Waals surface area contributed by atoms with Gasteiger partial charge in [0.15, 0.2) is 0 Å². The molecule has 6 nitrogen and oxygen atoms in total. The van der Waals surface area contributed by atoms with E-state index in [1.807, 2.05) is 13.0 Å². The Morgan fingerprint density at radius 1 is 1.35 bits per heavy atom. The Labute approximate surface area is 142 Å². The summed E-state index contributed by atoms with van der Waals surface area (Å²) in [5.41, 5.74) is 6.56. The number of halogens is 1. The highest BCUT2D eigenvalue weighted by Crippen LogP contribution is 2.19. The van der Waals surface area contributed by atoms with Crippen LogP contribution in [0.25, 0.3) is 0 Å². The van der Waals surface area contributed by atoms with E-state index in [4.69, 9.17) is 22.4 Å². The number of carbonyl (C=O) groups excluding carboxylic acids is 1. The van der Waals surface area contributed by atoms with E-state index < -0.39 is 11.4 Å². The van der Waals surface area contributed by atoms with Crippen molar-refractivity contribution in [3.8, 4) is 0 Å². The smallest absolute Gasteiger partial charge is 0.403 e. The van der Waals surface area contributed by atoms with Crippen molar-refractivity contribution in [1.29, 1.82) is 0 Å². The summed E-state index contributed by atoms with van der Waals surface area (Å²) in [6.07, 6.45) is 2.97. The lowest BCUT2D eigenvalue weighted by atomic mass is 10.0. The Hall–Kier alpha value is -1.79. The Morgan fingerprint density at radius 3 is 2.57 bits per heavy atom. The number of aryl methyl sites for hydroxylation is 1. The zero-order valence-electron chi connectivity index (χ0n) is 13.6. The van der Waals surface area contributed by atoms with E-state index in [0.29, 0.717) is 18.8 Å². The van der Waals surface area contributed by atoms with Crippen molar-refractivity contribution in [1.82, 2.24) is 5.32 Å². The van der Waals surface area contributed by atoms with Gasteiger partial charge in [0.05, 0.1) is 5.56 Å². The molecular formula is C16H25ClN2O4. The Kier molecular flexibility index (Phi) is 11.7. The maximum absolute atomic E-state index is 10.8. The molecule has 0 aromatic heterocycles. The minimum atomic E-state index is -0.958. The first-order valence-corrected chi connectivity index (χ1v) is 7.95. The van der Waals surface area contributed by atoms with E-state index in [-0.39, 0.29) is 5.56 Å². The van der Waals surface area contributed by atoms with Gasteiger partial charge in [-0.25, -0.2) is 9.59 Å². The quantitative estimate of drug-likeness (QED) is 0.380. The van der Waals surface area contributed by atoms with E-state index in [1.54, 1.807) is 6.07 Å². The van der Waals surface area contributed by atoms with Crippen molar-refractivity contribution in [2.45, 2.75) is 33.1 Å². The number of likely N-dealkylation sites (N-methyl/N-ethyl adjacent to an activating group) is 1. The number of anilines is 1. The zero-order valence-corrected chi connectivity index (χ0v) is 14.4. The number of nitrogens with one attached hydrogen (secondary N) is 1. The molecule has 0 aliphatic rings. The van der Waals surface area contributed by atoms with E-state index in [1.165, 1.54) is 6.07 Å². The van der Waals surface area contributed by atoms with Gasteiger partial charge in [-0.3, -0.25) is 0 Å². The monoisotopic (exact) mass is 344 g/mol. The molecule has 23 heavy (non-hydrogen) atoms. The molecule has 0 atom stereocenters. The molecule has 0 spiro atoms. The summed E-state index contributed by atoms with van der Waals surface area (Å²) in [4.78, 5) is 20.7. The fourth-order valence-electron chi connectivity index (χ4n) is 1.76. The second kappa shape index (κ2) is 12.7. The summed E-state index contributed by atoms with van der Waals surface area (Å²) in [6.45, 7) is 5.95. The summed E-state index contributed by atoms with van der Waals surface area (Å²) in [6, 6.07) is 5.16. The topological polar surface area (TPSA) is 102 Å². The molecule has 0 heterocycles. The molecule has 0 saturated heterocycles. The van der Waals surface area contributed by atoms with Gasteiger partial charge >= 0.3 is 11.4 Å². The lowest BCUT2D eigenvalue weighted by Crippen LogP contribution is -2.19. The number of aromatic carboxylic acids is 1. The average molecular weight is 345 g/mol.